The maximum atomic E-state index is 12.2. The summed E-state index contributed by atoms with van der Waals surface area (Å²) in [4.78, 5) is 12.2. The van der Waals surface area contributed by atoms with Gasteiger partial charge >= 0.3 is 0 Å². The number of nitrogens with one attached hydrogen (secondary N) is 1. The zero-order chi connectivity index (χ0) is 18.0. The topological polar surface area (TPSA) is 64.7 Å². The highest BCUT2D eigenvalue weighted by atomic mass is 35.5. The third-order valence-electron chi connectivity index (χ3n) is 3.76. The molecule has 1 aromatic carbocycles. The molecule has 1 N–H and O–H groups in total. The highest BCUT2D eigenvalue weighted by molar-refractivity contribution is 6.31. The van der Waals surface area contributed by atoms with Crippen molar-refractivity contribution in [3.8, 4) is 0 Å². The van der Waals surface area contributed by atoms with Gasteiger partial charge in [0.25, 0.3) is 0 Å². The van der Waals surface area contributed by atoms with E-state index in [0.29, 0.717) is 28.0 Å². The maximum Gasteiger partial charge on any atom is 0.246 e. The number of carbonyl (C=O) groups is 1. The molecule has 0 fully saturated rings. The number of aryl methyl sites for hydroxylation is 1. The van der Waals surface area contributed by atoms with Gasteiger partial charge in [-0.05, 0) is 31.5 Å². The van der Waals surface area contributed by atoms with Crippen molar-refractivity contribution in [2.24, 2.45) is 0 Å². The van der Waals surface area contributed by atoms with Crippen molar-refractivity contribution >= 4 is 34.8 Å². The molecule has 0 saturated heterocycles. The summed E-state index contributed by atoms with van der Waals surface area (Å²) >= 11 is 12.0. The summed E-state index contributed by atoms with van der Waals surface area (Å²) < 4.78 is 3.34. The molecule has 2 heterocycles. The number of benzene rings is 1. The molecule has 0 aliphatic heterocycles. The van der Waals surface area contributed by atoms with Gasteiger partial charge in [0.2, 0.25) is 5.91 Å². The average Bonchev–Trinajstić information content (AvgIpc) is 3.10. The minimum atomic E-state index is -0.187. The van der Waals surface area contributed by atoms with E-state index >= 15 is 0 Å². The lowest BCUT2D eigenvalue weighted by Gasteiger charge is -2.05. The van der Waals surface area contributed by atoms with E-state index in [1.54, 1.807) is 21.8 Å². The molecule has 0 atom stereocenters. The first kappa shape index (κ1) is 17.5. The highest BCUT2D eigenvalue weighted by Crippen LogP contribution is 2.19. The van der Waals surface area contributed by atoms with Gasteiger partial charge in [0.1, 0.15) is 6.54 Å². The van der Waals surface area contributed by atoms with Crippen molar-refractivity contribution in [2.45, 2.75) is 26.9 Å². The lowest BCUT2D eigenvalue weighted by atomic mass is 10.2. The first-order valence-electron chi connectivity index (χ1n) is 7.68. The molecule has 0 unspecified atom stereocenters. The molecule has 0 radical (unpaired) electrons. The summed E-state index contributed by atoms with van der Waals surface area (Å²) in [7, 11) is 0. The Morgan fingerprint density at radius 3 is 2.56 bits per heavy atom. The second-order valence-corrected chi connectivity index (χ2v) is 6.56. The molecule has 0 aliphatic rings. The van der Waals surface area contributed by atoms with E-state index in [9.17, 15) is 4.79 Å². The van der Waals surface area contributed by atoms with Gasteiger partial charge in [0.05, 0.1) is 34.8 Å². The highest BCUT2D eigenvalue weighted by Gasteiger charge is 2.12. The van der Waals surface area contributed by atoms with E-state index in [4.69, 9.17) is 23.2 Å². The Balaban J connectivity index is 1.61. The summed E-state index contributed by atoms with van der Waals surface area (Å²) in [6.07, 6.45) is 3.39. The van der Waals surface area contributed by atoms with E-state index < -0.39 is 0 Å². The number of anilines is 1. The van der Waals surface area contributed by atoms with Gasteiger partial charge < -0.3 is 5.32 Å². The second-order valence-electron chi connectivity index (χ2n) is 5.74. The Kier molecular flexibility index (Phi) is 5.11. The van der Waals surface area contributed by atoms with Crippen LogP contribution >= 0.6 is 23.2 Å². The molecule has 130 valence electrons. The van der Waals surface area contributed by atoms with Crippen molar-refractivity contribution in [3.05, 3.63) is 63.7 Å². The maximum absolute atomic E-state index is 12.2. The van der Waals surface area contributed by atoms with Gasteiger partial charge in [-0.15, -0.1) is 0 Å². The molecule has 25 heavy (non-hydrogen) atoms. The van der Waals surface area contributed by atoms with Crippen LogP contribution in [0, 0.1) is 13.8 Å². The summed E-state index contributed by atoms with van der Waals surface area (Å²) in [6.45, 7) is 4.34. The summed E-state index contributed by atoms with van der Waals surface area (Å²) in [5.74, 6) is -0.187. The van der Waals surface area contributed by atoms with E-state index in [1.807, 2.05) is 38.1 Å². The molecule has 1 amide bonds. The van der Waals surface area contributed by atoms with Crippen LogP contribution < -0.4 is 5.32 Å². The van der Waals surface area contributed by atoms with E-state index in [-0.39, 0.29) is 12.5 Å². The Morgan fingerprint density at radius 1 is 1.20 bits per heavy atom. The Bertz CT molecular complexity index is 898. The minimum absolute atomic E-state index is 0.0990. The molecule has 6 nitrogen and oxygen atoms in total. The average molecular weight is 378 g/mol. The minimum Gasteiger partial charge on any atom is -0.322 e. The fraction of sp³-hybridized carbons (Fsp3) is 0.235. The van der Waals surface area contributed by atoms with Crippen LogP contribution in [0.1, 0.15) is 17.0 Å². The molecule has 0 spiro atoms. The first-order valence-corrected chi connectivity index (χ1v) is 8.44. The van der Waals surface area contributed by atoms with Gasteiger partial charge in [-0.2, -0.15) is 10.2 Å². The van der Waals surface area contributed by atoms with Crippen LogP contribution in [-0.2, 0) is 17.9 Å². The predicted molar refractivity (Wildman–Crippen MR) is 98.1 cm³/mol. The fourth-order valence-electron chi connectivity index (χ4n) is 2.46. The molecule has 0 aliphatic carbocycles. The van der Waals surface area contributed by atoms with E-state index in [2.05, 4.69) is 15.5 Å². The smallest absolute Gasteiger partial charge is 0.246 e. The van der Waals surface area contributed by atoms with Crippen LogP contribution in [0.3, 0.4) is 0 Å². The van der Waals surface area contributed by atoms with Gasteiger partial charge in [0.15, 0.2) is 0 Å². The zero-order valence-electron chi connectivity index (χ0n) is 13.8. The van der Waals surface area contributed by atoms with Crippen LogP contribution in [-0.4, -0.2) is 25.5 Å². The molecular formula is C17H17Cl2N5O. The largest absolute Gasteiger partial charge is 0.322 e. The number of hydrogen-bond acceptors (Lipinski definition) is 3. The Morgan fingerprint density at radius 2 is 1.92 bits per heavy atom. The SMILES string of the molecule is Cc1nn(CC(=O)Nc2cnn(Cc3ccc(Cl)cc3)c2)c(C)c1Cl. The quantitative estimate of drug-likeness (QED) is 0.737. The fourth-order valence-corrected chi connectivity index (χ4v) is 2.72. The molecule has 3 rings (SSSR count). The Labute approximate surface area is 155 Å². The zero-order valence-corrected chi connectivity index (χ0v) is 15.3. The van der Waals surface area contributed by atoms with Crippen LogP contribution in [0.4, 0.5) is 5.69 Å². The summed E-state index contributed by atoms with van der Waals surface area (Å²) in [5, 5.41) is 12.6. The van der Waals surface area contributed by atoms with Crippen molar-refractivity contribution in [2.75, 3.05) is 5.32 Å². The third kappa shape index (κ3) is 4.21. The summed E-state index contributed by atoms with van der Waals surface area (Å²) in [5.41, 5.74) is 3.18. The summed E-state index contributed by atoms with van der Waals surface area (Å²) in [6, 6.07) is 7.55. The van der Waals surface area contributed by atoms with Gasteiger partial charge in [-0.3, -0.25) is 14.2 Å². The molecule has 0 saturated carbocycles. The molecule has 2 aromatic heterocycles. The van der Waals surface area contributed by atoms with Crippen LogP contribution in [0.2, 0.25) is 10.0 Å². The lowest BCUT2D eigenvalue weighted by molar-refractivity contribution is -0.116. The number of aromatic nitrogens is 4. The normalized spacial score (nSPS) is 10.9. The van der Waals surface area contributed by atoms with Gasteiger partial charge in [-0.1, -0.05) is 35.3 Å². The number of hydrogen-bond donors (Lipinski definition) is 1. The van der Waals surface area contributed by atoms with Gasteiger partial charge in [-0.25, -0.2) is 0 Å². The van der Waals surface area contributed by atoms with Crippen LogP contribution in [0.5, 0.6) is 0 Å². The Hall–Kier alpha value is -2.31. The first-order chi connectivity index (χ1) is 11.9. The van der Waals surface area contributed by atoms with Crippen molar-refractivity contribution in [3.63, 3.8) is 0 Å². The molecular weight excluding hydrogens is 361 g/mol. The van der Waals surface area contributed by atoms with Crippen molar-refractivity contribution in [1.29, 1.82) is 0 Å². The molecule has 3 aromatic rings. The number of nitrogens with zero attached hydrogens (tertiary/aromatic N) is 4. The lowest BCUT2D eigenvalue weighted by Crippen LogP contribution is -2.20. The van der Waals surface area contributed by atoms with Crippen LogP contribution in [0.25, 0.3) is 0 Å². The van der Waals surface area contributed by atoms with Crippen molar-refractivity contribution in [1.82, 2.24) is 19.6 Å². The number of rotatable bonds is 5. The number of carbonyl (C=O) groups excluding carboxylic acids is 1. The third-order valence-corrected chi connectivity index (χ3v) is 4.56. The number of halogens is 2. The second kappa shape index (κ2) is 7.29. The molecule has 8 heteroatoms. The van der Waals surface area contributed by atoms with Crippen LogP contribution in [0.15, 0.2) is 36.7 Å². The standard InChI is InChI=1S/C17H17Cl2N5O/c1-11-17(19)12(2)24(22-11)10-16(25)21-15-7-20-23(9-15)8-13-3-5-14(18)6-4-13/h3-7,9H,8,10H2,1-2H3,(H,21,25). The van der Waals surface area contributed by atoms with E-state index in [1.165, 1.54) is 0 Å². The predicted octanol–water partition coefficient (Wildman–Crippen LogP) is 3.69. The number of amides is 1. The van der Waals surface area contributed by atoms with E-state index in [0.717, 1.165) is 11.3 Å². The van der Waals surface area contributed by atoms with Crippen molar-refractivity contribution < 1.29 is 4.79 Å². The molecule has 0 bridgehead atoms. The van der Waals surface area contributed by atoms with Gasteiger partial charge in [0, 0.05) is 11.2 Å². The monoisotopic (exact) mass is 377 g/mol.